The van der Waals surface area contributed by atoms with Gasteiger partial charge in [0.1, 0.15) is 6.04 Å². The van der Waals surface area contributed by atoms with Crippen molar-refractivity contribution in [3.63, 3.8) is 0 Å². The number of nitrogens with zero attached hydrogens (tertiary/aromatic N) is 1. The molecule has 2 amide bonds. The number of hydrazine groups is 1. The van der Waals surface area contributed by atoms with E-state index >= 15 is 0 Å². The van der Waals surface area contributed by atoms with E-state index < -0.39 is 24.0 Å². The smallest absolute Gasteiger partial charge is 0.327 e. The molecule has 0 aromatic rings. The predicted octanol–water partition coefficient (Wildman–Crippen LogP) is -1.72. The second-order valence-corrected chi connectivity index (χ2v) is 9.19. The Morgan fingerprint density at radius 1 is 1.31 bits per heavy atom. The summed E-state index contributed by atoms with van der Waals surface area (Å²) in [4.78, 5) is 36.9. The summed E-state index contributed by atoms with van der Waals surface area (Å²) in [6, 6.07) is -0.781. The highest BCUT2D eigenvalue weighted by molar-refractivity contribution is 8.00. The van der Waals surface area contributed by atoms with Gasteiger partial charge in [0.05, 0.1) is 18.1 Å². The van der Waals surface area contributed by atoms with Gasteiger partial charge in [-0.15, -0.1) is 0 Å². The van der Waals surface area contributed by atoms with E-state index in [9.17, 15) is 24.6 Å². The van der Waals surface area contributed by atoms with Crippen molar-refractivity contribution in [3.05, 3.63) is 0 Å². The lowest BCUT2D eigenvalue weighted by Crippen LogP contribution is -2.64. The fourth-order valence-electron chi connectivity index (χ4n) is 4.78. The first-order valence-electron chi connectivity index (χ1n) is 9.03. The number of carbonyl (C=O) groups is 3. The number of fused-ring (bicyclic) bond motifs is 1. The Hall–Kier alpha value is -1.36. The Morgan fingerprint density at radius 2 is 2.08 bits per heavy atom. The molecule has 0 saturated carbocycles. The summed E-state index contributed by atoms with van der Waals surface area (Å²) in [5.74, 6) is -1.71. The van der Waals surface area contributed by atoms with Crippen LogP contribution >= 0.6 is 11.8 Å². The third kappa shape index (κ3) is 2.88. The standard InChI is InChI=1S/C16H24N4O5S/c1-6(21)13-10-4-11(14(16(24)25)20(10)15(13)23)26-7-2-8(17-5-7)9-3-12(22)19-18-9/h6-11,13-14,17-18,21H,2-5H2,1H3,(H,19,22)(H,24,25)/t6?,7-,8-,9?,10+,11?,13?,14?/m0/s1. The number of β-lactam (4-membered cyclic amide) rings is 1. The van der Waals surface area contributed by atoms with Crippen LogP contribution in [0.25, 0.3) is 0 Å². The first-order chi connectivity index (χ1) is 12.4. The number of aliphatic hydroxyl groups is 1. The number of thioether (sulfide) groups is 1. The van der Waals surface area contributed by atoms with Crippen LogP contribution in [0.4, 0.5) is 0 Å². The number of hydrogen-bond donors (Lipinski definition) is 5. The zero-order valence-electron chi connectivity index (χ0n) is 14.4. The molecular weight excluding hydrogens is 360 g/mol. The predicted molar refractivity (Wildman–Crippen MR) is 93.1 cm³/mol. The normalized spacial score (nSPS) is 43.2. The van der Waals surface area contributed by atoms with Crippen LogP contribution < -0.4 is 16.2 Å². The molecule has 4 rings (SSSR count). The van der Waals surface area contributed by atoms with E-state index in [0.717, 1.165) is 13.0 Å². The van der Waals surface area contributed by atoms with Crippen molar-refractivity contribution in [1.82, 2.24) is 21.1 Å². The summed E-state index contributed by atoms with van der Waals surface area (Å²) < 4.78 is 0. The van der Waals surface area contributed by atoms with Crippen LogP contribution in [0.1, 0.15) is 26.2 Å². The highest BCUT2D eigenvalue weighted by Crippen LogP contribution is 2.47. The average molecular weight is 384 g/mol. The van der Waals surface area contributed by atoms with Gasteiger partial charge in [0.25, 0.3) is 0 Å². The molecule has 0 spiro atoms. The molecule has 8 atom stereocenters. The number of aliphatic carboxylic acids is 1. The Morgan fingerprint density at radius 3 is 2.69 bits per heavy atom. The monoisotopic (exact) mass is 384 g/mol. The van der Waals surface area contributed by atoms with Crippen molar-refractivity contribution in [2.75, 3.05) is 6.54 Å². The third-order valence-corrected chi connectivity index (χ3v) is 7.53. The van der Waals surface area contributed by atoms with E-state index in [1.54, 1.807) is 18.7 Å². The second kappa shape index (κ2) is 6.66. The molecule has 4 heterocycles. The summed E-state index contributed by atoms with van der Waals surface area (Å²) in [7, 11) is 0. The molecule has 10 heteroatoms. The average Bonchev–Trinajstić information content (AvgIpc) is 3.25. The fraction of sp³-hybridized carbons (Fsp3) is 0.812. The minimum atomic E-state index is -0.975. The van der Waals surface area contributed by atoms with E-state index in [1.165, 1.54) is 4.90 Å². The number of hydrogen-bond acceptors (Lipinski definition) is 7. The summed E-state index contributed by atoms with van der Waals surface area (Å²) in [6.45, 7) is 2.34. The highest BCUT2D eigenvalue weighted by atomic mass is 32.2. The van der Waals surface area contributed by atoms with Gasteiger partial charge in [-0.05, 0) is 19.8 Å². The van der Waals surface area contributed by atoms with Crippen molar-refractivity contribution in [2.24, 2.45) is 5.92 Å². The molecule has 4 fully saturated rings. The lowest BCUT2D eigenvalue weighted by atomic mass is 9.84. The maximum absolute atomic E-state index is 12.3. The van der Waals surface area contributed by atoms with Crippen LogP contribution in [0.2, 0.25) is 0 Å². The molecule has 4 saturated heterocycles. The van der Waals surface area contributed by atoms with Crippen LogP contribution in [0.5, 0.6) is 0 Å². The Balaban J connectivity index is 1.39. The van der Waals surface area contributed by atoms with Crippen molar-refractivity contribution in [2.45, 2.75) is 67.0 Å². The van der Waals surface area contributed by atoms with Crippen LogP contribution in [0.15, 0.2) is 0 Å². The Labute approximate surface area is 155 Å². The van der Waals surface area contributed by atoms with Gasteiger partial charge >= 0.3 is 5.97 Å². The van der Waals surface area contributed by atoms with Crippen molar-refractivity contribution < 1.29 is 24.6 Å². The second-order valence-electron chi connectivity index (χ2n) is 7.65. The van der Waals surface area contributed by atoms with Gasteiger partial charge in [-0.25, -0.2) is 10.2 Å². The maximum atomic E-state index is 12.3. The first kappa shape index (κ1) is 18.0. The van der Waals surface area contributed by atoms with Crippen LogP contribution in [0, 0.1) is 5.92 Å². The van der Waals surface area contributed by atoms with Crippen molar-refractivity contribution in [3.8, 4) is 0 Å². The quantitative estimate of drug-likeness (QED) is 0.354. The number of aliphatic hydroxyl groups excluding tert-OH is 1. The number of amides is 2. The largest absolute Gasteiger partial charge is 0.480 e. The zero-order valence-corrected chi connectivity index (χ0v) is 15.2. The van der Waals surface area contributed by atoms with Gasteiger partial charge in [0.15, 0.2) is 0 Å². The first-order valence-corrected chi connectivity index (χ1v) is 9.97. The van der Waals surface area contributed by atoms with Gasteiger partial charge < -0.3 is 20.4 Å². The molecule has 4 aliphatic heterocycles. The Kier molecular flexibility index (Phi) is 4.62. The molecule has 0 aromatic carbocycles. The molecule has 9 nitrogen and oxygen atoms in total. The topological polar surface area (TPSA) is 131 Å². The Bertz CT molecular complexity index is 632. The van der Waals surface area contributed by atoms with E-state index in [1.807, 2.05) is 0 Å². The summed E-state index contributed by atoms with van der Waals surface area (Å²) in [5, 5.41) is 22.9. The molecule has 144 valence electrons. The number of carboxylic acid groups (broad SMARTS) is 1. The molecule has 26 heavy (non-hydrogen) atoms. The molecular formula is C16H24N4O5S. The molecule has 0 bridgehead atoms. The molecule has 0 aliphatic carbocycles. The van der Waals surface area contributed by atoms with Gasteiger partial charge in [-0.3, -0.25) is 15.0 Å². The van der Waals surface area contributed by atoms with Crippen molar-refractivity contribution >= 4 is 29.5 Å². The van der Waals surface area contributed by atoms with E-state index in [4.69, 9.17) is 0 Å². The molecule has 4 aliphatic rings. The molecule has 0 aromatic heterocycles. The summed E-state index contributed by atoms with van der Waals surface area (Å²) in [6.07, 6.45) is 1.14. The number of carbonyl (C=O) groups excluding carboxylic acids is 2. The maximum Gasteiger partial charge on any atom is 0.327 e. The molecule has 5 N–H and O–H groups in total. The highest BCUT2D eigenvalue weighted by Gasteiger charge is 2.61. The summed E-state index contributed by atoms with van der Waals surface area (Å²) >= 11 is 1.63. The lowest BCUT2D eigenvalue weighted by Gasteiger charge is -2.45. The van der Waals surface area contributed by atoms with Crippen LogP contribution in [0.3, 0.4) is 0 Å². The van der Waals surface area contributed by atoms with Gasteiger partial charge in [0, 0.05) is 35.5 Å². The van der Waals surface area contributed by atoms with Gasteiger partial charge in [-0.1, -0.05) is 0 Å². The number of carboxylic acids is 1. The van der Waals surface area contributed by atoms with Crippen LogP contribution in [-0.2, 0) is 14.4 Å². The third-order valence-electron chi connectivity index (χ3n) is 5.99. The number of rotatable bonds is 5. The van der Waals surface area contributed by atoms with Gasteiger partial charge in [-0.2, -0.15) is 11.8 Å². The minimum Gasteiger partial charge on any atom is -0.480 e. The zero-order chi connectivity index (χ0) is 18.6. The van der Waals surface area contributed by atoms with Crippen LogP contribution in [-0.4, -0.2) is 80.2 Å². The molecule has 0 radical (unpaired) electrons. The van der Waals surface area contributed by atoms with Crippen molar-refractivity contribution in [1.29, 1.82) is 0 Å². The van der Waals surface area contributed by atoms with E-state index in [-0.39, 0.29) is 40.4 Å². The number of nitrogens with one attached hydrogen (secondary N) is 3. The summed E-state index contributed by atoms with van der Waals surface area (Å²) in [5.41, 5.74) is 5.61. The van der Waals surface area contributed by atoms with E-state index in [0.29, 0.717) is 12.8 Å². The fourth-order valence-corrected chi connectivity index (χ4v) is 6.49. The molecule has 5 unspecified atom stereocenters. The van der Waals surface area contributed by atoms with E-state index in [2.05, 4.69) is 16.2 Å². The van der Waals surface area contributed by atoms with Gasteiger partial charge in [0.2, 0.25) is 11.8 Å². The SMILES string of the molecule is CC(O)C1C(=O)N2C(C(=O)O)C(S[C@@H]3CN[C@H](C4CC(=O)NN4)C3)C[C@H]12. The minimum absolute atomic E-state index is 0.0123. The lowest BCUT2D eigenvalue weighted by molar-refractivity contribution is -0.169.